The van der Waals surface area contributed by atoms with Gasteiger partial charge in [-0.2, -0.15) is 0 Å². The van der Waals surface area contributed by atoms with Gasteiger partial charge in [0, 0.05) is 10.4 Å². The predicted molar refractivity (Wildman–Crippen MR) is 88.9 cm³/mol. The molecule has 2 aromatic rings. The van der Waals surface area contributed by atoms with Crippen LogP contribution in [0.5, 0.6) is 0 Å². The van der Waals surface area contributed by atoms with Gasteiger partial charge in [-0.05, 0) is 49.9 Å². The molecule has 0 amide bonds. The lowest BCUT2D eigenvalue weighted by Gasteiger charge is -2.31. The largest absolute Gasteiger partial charge is 0.276 e. The predicted octanol–water partition coefficient (Wildman–Crippen LogP) is 2.70. The SMILES string of the molecule is CC1NC2c3c(sc4c3[C@H](C)CCC4)-n3c(n[nH]c3=S)N2N1. The van der Waals surface area contributed by atoms with Crippen LogP contribution in [0.2, 0.25) is 0 Å². The van der Waals surface area contributed by atoms with Crippen molar-refractivity contribution in [3.63, 3.8) is 0 Å². The van der Waals surface area contributed by atoms with Gasteiger partial charge in [-0.15, -0.1) is 16.4 Å². The van der Waals surface area contributed by atoms with Crippen molar-refractivity contribution in [2.24, 2.45) is 0 Å². The molecule has 5 rings (SSSR count). The highest BCUT2D eigenvalue weighted by molar-refractivity contribution is 7.71. The van der Waals surface area contributed by atoms with Crippen LogP contribution in [0.15, 0.2) is 0 Å². The van der Waals surface area contributed by atoms with E-state index >= 15 is 0 Å². The second kappa shape index (κ2) is 4.41. The van der Waals surface area contributed by atoms with E-state index in [0.717, 1.165) is 5.95 Å². The van der Waals surface area contributed by atoms with Crippen molar-refractivity contribution in [1.29, 1.82) is 0 Å². The molecule has 3 N–H and O–H groups in total. The average molecular weight is 334 g/mol. The molecule has 1 fully saturated rings. The summed E-state index contributed by atoms with van der Waals surface area (Å²) >= 11 is 7.38. The summed E-state index contributed by atoms with van der Waals surface area (Å²) in [5, 5.41) is 14.4. The Bertz CT molecular complexity index is 818. The Labute approximate surface area is 137 Å². The number of rotatable bonds is 0. The highest BCUT2D eigenvalue weighted by Crippen LogP contribution is 2.49. The molecule has 22 heavy (non-hydrogen) atoms. The van der Waals surface area contributed by atoms with Crippen LogP contribution >= 0.6 is 23.6 Å². The molecule has 2 unspecified atom stereocenters. The van der Waals surface area contributed by atoms with Crippen LogP contribution in [0.3, 0.4) is 0 Å². The van der Waals surface area contributed by atoms with E-state index in [1.54, 1.807) is 5.56 Å². The third kappa shape index (κ3) is 1.56. The number of nitrogens with zero attached hydrogens (tertiary/aromatic N) is 3. The van der Waals surface area contributed by atoms with Gasteiger partial charge in [-0.25, -0.2) is 15.1 Å². The van der Waals surface area contributed by atoms with E-state index in [1.165, 1.54) is 34.7 Å². The van der Waals surface area contributed by atoms with Crippen molar-refractivity contribution in [3.8, 4) is 5.00 Å². The lowest BCUT2D eigenvalue weighted by atomic mass is 9.85. The molecule has 0 spiro atoms. The number of aromatic nitrogens is 3. The average Bonchev–Trinajstić information content (AvgIpc) is 3.13. The highest BCUT2D eigenvalue weighted by Gasteiger charge is 2.43. The third-order valence-electron chi connectivity index (χ3n) is 4.92. The molecule has 0 bridgehead atoms. The smallest absolute Gasteiger partial charge is 0.247 e. The number of hydrogen-bond donors (Lipinski definition) is 3. The Balaban J connectivity index is 1.84. The molecular weight excluding hydrogens is 316 g/mol. The summed E-state index contributed by atoms with van der Waals surface area (Å²) in [6.07, 6.45) is 4.10. The van der Waals surface area contributed by atoms with E-state index in [0.29, 0.717) is 10.7 Å². The fraction of sp³-hybridized carbons (Fsp3) is 0.571. The molecule has 8 heteroatoms. The number of nitrogens with one attached hydrogen (secondary N) is 3. The Morgan fingerprint density at radius 2 is 2.18 bits per heavy atom. The summed E-state index contributed by atoms with van der Waals surface area (Å²) in [6, 6.07) is 0. The number of thiophene rings is 1. The maximum absolute atomic E-state index is 5.48. The maximum Gasteiger partial charge on any atom is 0.247 e. The van der Waals surface area contributed by atoms with E-state index in [4.69, 9.17) is 12.2 Å². The van der Waals surface area contributed by atoms with E-state index in [9.17, 15) is 0 Å². The fourth-order valence-electron chi connectivity index (χ4n) is 4.01. The minimum atomic E-state index is 0.142. The van der Waals surface area contributed by atoms with E-state index in [-0.39, 0.29) is 12.3 Å². The van der Waals surface area contributed by atoms with Gasteiger partial charge in [-0.1, -0.05) is 6.92 Å². The molecule has 6 nitrogen and oxygen atoms in total. The Kier molecular flexibility index (Phi) is 2.65. The van der Waals surface area contributed by atoms with Crippen molar-refractivity contribution in [2.45, 2.75) is 51.4 Å². The zero-order valence-corrected chi connectivity index (χ0v) is 14.1. The van der Waals surface area contributed by atoms with Gasteiger partial charge < -0.3 is 0 Å². The molecule has 0 radical (unpaired) electrons. The van der Waals surface area contributed by atoms with Crippen LogP contribution in [0, 0.1) is 4.77 Å². The standard InChI is InChI=1S/C14H18N6S2/c1-6-4-3-5-8-9(6)10-11-15-7(2)18-20(11)13-16-17-14(21)19(13)12(10)22-8/h6-7,11,15,18H,3-5H2,1-2H3,(H,17,21)/t6-,7?,11?/m1/s1. The Morgan fingerprint density at radius 3 is 3.05 bits per heavy atom. The lowest BCUT2D eigenvalue weighted by molar-refractivity contribution is 0.542. The first-order valence-electron chi connectivity index (χ1n) is 7.80. The molecular formula is C14H18N6S2. The summed E-state index contributed by atoms with van der Waals surface area (Å²) < 4.78 is 2.76. The normalized spacial score (nSPS) is 29.0. The van der Waals surface area contributed by atoms with Crippen molar-refractivity contribution >= 4 is 29.5 Å². The number of fused-ring (bicyclic) bond motifs is 8. The number of hydrazine groups is 1. The van der Waals surface area contributed by atoms with Crippen molar-refractivity contribution < 1.29 is 0 Å². The van der Waals surface area contributed by atoms with Gasteiger partial charge in [-0.3, -0.25) is 10.3 Å². The summed E-state index contributed by atoms with van der Waals surface area (Å²) in [4.78, 5) is 1.53. The monoisotopic (exact) mass is 334 g/mol. The van der Waals surface area contributed by atoms with Gasteiger partial charge >= 0.3 is 0 Å². The number of anilines is 1. The van der Waals surface area contributed by atoms with Crippen LogP contribution in [-0.2, 0) is 6.42 Å². The summed E-state index contributed by atoms with van der Waals surface area (Å²) in [5.41, 5.74) is 6.39. The lowest BCUT2D eigenvalue weighted by Crippen LogP contribution is -2.40. The summed E-state index contributed by atoms with van der Waals surface area (Å²) in [6.45, 7) is 4.48. The van der Waals surface area contributed by atoms with Crippen LogP contribution in [0.25, 0.3) is 5.00 Å². The van der Waals surface area contributed by atoms with Crippen LogP contribution in [0.4, 0.5) is 5.95 Å². The Morgan fingerprint density at radius 1 is 1.32 bits per heavy atom. The topological polar surface area (TPSA) is 60.9 Å². The van der Waals surface area contributed by atoms with Gasteiger partial charge in [0.05, 0.1) is 6.17 Å². The summed E-state index contributed by atoms with van der Waals surface area (Å²) in [5.74, 6) is 1.47. The van der Waals surface area contributed by atoms with Gasteiger partial charge in [0.25, 0.3) is 0 Å². The molecule has 2 aromatic heterocycles. The third-order valence-corrected chi connectivity index (χ3v) is 6.46. The van der Waals surface area contributed by atoms with E-state index < -0.39 is 0 Å². The number of aryl methyl sites for hydroxylation is 1. The molecule has 0 aromatic carbocycles. The number of hydrogen-bond acceptors (Lipinski definition) is 6. The van der Waals surface area contributed by atoms with E-state index in [1.807, 2.05) is 11.3 Å². The zero-order valence-electron chi connectivity index (χ0n) is 12.5. The number of aromatic amines is 1. The first-order chi connectivity index (χ1) is 10.6. The zero-order chi connectivity index (χ0) is 15.0. The van der Waals surface area contributed by atoms with Crippen molar-refractivity contribution in [2.75, 3.05) is 5.01 Å². The minimum Gasteiger partial charge on any atom is -0.276 e. The van der Waals surface area contributed by atoms with Crippen molar-refractivity contribution in [1.82, 2.24) is 25.5 Å². The Hall–Kier alpha value is -1.22. The first kappa shape index (κ1) is 13.2. The second-order valence-electron chi connectivity index (χ2n) is 6.41. The van der Waals surface area contributed by atoms with Crippen molar-refractivity contribution in [3.05, 3.63) is 20.8 Å². The molecule has 3 aliphatic rings. The maximum atomic E-state index is 5.48. The van der Waals surface area contributed by atoms with Crippen LogP contribution in [0.1, 0.15) is 54.8 Å². The van der Waals surface area contributed by atoms with E-state index in [2.05, 4.69) is 44.4 Å². The van der Waals surface area contributed by atoms with Gasteiger partial charge in [0.15, 0.2) is 0 Å². The molecule has 3 atom stereocenters. The molecule has 1 saturated heterocycles. The molecule has 1 aliphatic carbocycles. The molecule has 116 valence electrons. The van der Waals surface area contributed by atoms with Crippen LogP contribution in [-0.4, -0.2) is 20.9 Å². The van der Waals surface area contributed by atoms with Gasteiger partial charge in [0.1, 0.15) is 11.2 Å². The molecule has 0 saturated carbocycles. The van der Waals surface area contributed by atoms with Crippen LogP contribution < -0.4 is 15.8 Å². The first-order valence-corrected chi connectivity index (χ1v) is 9.02. The number of H-pyrrole nitrogens is 1. The second-order valence-corrected chi connectivity index (χ2v) is 7.88. The molecule has 2 aliphatic heterocycles. The quantitative estimate of drug-likeness (QED) is 0.647. The highest BCUT2D eigenvalue weighted by atomic mass is 32.1. The van der Waals surface area contributed by atoms with Gasteiger partial charge in [0.2, 0.25) is 10.7 Å². The summed E-state index contributed by atoms with van der Waals surface area (Å²) in [7, 11) is 0. The molecule has 4 heterocycles. The fourth-order valence-corrected chi connectivity index (χ4v) is 5.79. The minimum absolute atomic E-state index is 0.142.